The maximum absolute atomic E-state index is 15.0. The Bertz CT molecular complexity index is 1200. The van der Waals surface area contributed by atoms with Crippen LogP contribution in [0.3, 0.4) is 0 Å². The van der Waals surface area contributed by atoms with Gasteiger partial charge in [-0.25, -0.2) is 31.9 Å². The summed E-state index contributed by atoms with van der Waals surface area (Å²) in [5.41, 5.74) is -2.76. The van der Waals surface area contributed by atoms with Gasteiger partial charge in [0, 0.05) is 17.7 Å². The van der Waals surface area contributed by atoms with Gasteiger partial charge in [-0.2, -0.15) is 9.37 Å². The molecule has 0 N–H and O–H groups in total. The molecule has 0 aliphatic carbocycles. The van der Waals surface area contributed by atoms with Gasteiger partial charge in [-0.1, -0.05) is 0 Å². The molecule has 2 heterocycles. The van der Waals surface area contributed by atoms with Crippen LogP contribution in [0, 0.1) is 35.0 Å². The minimum Gasteiger partial charge on any atom is -0.240 e. The molecule has 0 aliphatic heterocycles. The van der Waals surface area contributed by atoms with Crippen molar-refractivity contribution >= 4 is 11.2 Å². The lowest BCUT2D eigenvalue weighted by Crippen LogP contribution is -2.04. The Morgan fingerprint density at radius 3 is 1.96 bits per heavy atom. The van der Waals surface area contributed by atoms with E-state index in [1.165, 1.54) is 18.3 Å². The largest absolute Gasteiger partial charge is 0.240 e. The van der Waals surface area contributed by atoms with E-state index in [4.69, 9.17) is 0 Å². The number of benzene rings is 2. The van der Waals surface area contributed by atoms with Gasteiger partial charge in [0.1, 0.15) is 28.8 Å². The minimum absolute atomic E-state index is 0.103. The van der Waals surface area contributed by atoms with E-state index in [0.29, 0.717) is 17.7 Å². The molecule has 0 aliphatic rings. The Hall–Kier alpha value is -3.49. The molecule has 4 aromatic rings. The van der Waals surface area contributed by atoms with Crippen LogP contribution >= 0.6 is 0 Å². The fourth-order valence-corrected chi connectivity index (χ4v) is 2.72. The summed E-state index contributed by atoms with van der Waals surface area (Å²) in [4.78, 5) is 11.2. The van der Waals surface area contributed by atoms with Crippen molar-refractivity contribution in [3.8, 4) is 22.4 Å². The Morgan fingerprint density at radius 1 is 0.679 bits per heavy atom. The van der Waals surface area contributed by atoms with Gasteiger partial charge in [0.2, 0.25) is 5.95 Å². The predicted molar refractivity (Wildman–Crippen MR) is 88.0 cm³/mol. The summed E-state index contributed by atoms with van der Waals surface area (Å²) in [5, 5.41) is 0. The highest BCUT2D eigenvalue weighted by molar-refractivity contribution is 5.81. The maximum atomic E-state index is 15.0. The molecule has 2 aromatic heterocycles. The number of nitrogens with zero attached hydrogens (tertiary/aromatic N) is 3. The van der Waals surface area contributed by atoms with Crippen LogP contribution in [-0.2, 0) is 0 Å². The minimum atomic E-state index is -1.53. The van der Waals surface area contributed by atoms with Gasteiger partial charge in [-0.3, -0.25) is 0 Å². The van der Waals surface area contributed by atoms with E-state index in [1.54, 1.807) is 0 Å². The van der Waals surface area contributed by atoms with Crippen molar-refractivity contribution in [1.82, 2.24) is 15.0 Å². The SMILES string of the molecule is Fc1ccc(-c2cnc3nc(F)c(-c4c(F)cc(F)cc4F)c(F)c3n2)cc1. The molecule has 0 saturated heterocycles. The second-order valence-electron chi connectivity index (χ2n) is 5.77. The van der Waals surface area contributed by atoms with E-state index in [9.17, 15) is 26.3 Å². The van der Waals surface area contributed by atoms with Gasteiger partial charge in [0.25, 0.3) is 0 Å². The number of aromatic nitrogens is 3. The summed E-state index contributed by atoms with van der Waals surface area (Å²) in [6.07, 6.45) is 1.17. The standard InChI is InChI=1S/C19H7F6N3/c20-9-3-1-8(2-4-9)13-7-26-19-17(27-13)16(24)15(18(25)28-19)14-11(22)5-10(21)6-12(14)23/h1-7H. The van der Waals surface area contributed by atoms with E-state index in [1.807, 2.05) is 0 Å². The van der Waals surface area contributed by atoms with Gasteiger partial charge >= 0.3 is 0 Å². The highest BCUT2D eigenvalue weighted by Crippen LogP contribution is 2.33. The number of hydrogen-bond acceptors (Lipinski definition) is 3. The Morgan fingerprint density at radius 2 is 1.32 bits per heavy atom. The van der Waals surface area contributed by atoms with Crippen molar-refractivity contribution < 1.29 is 26.3 Å². The predicted octanol–water partition coefficient (Wildman–Crippen LogP) is 5.19. The Balaban J connectivity index is 1.98. The molecule has 140 valence electrons. The smallest absolute Gasteiger partial charge is 0.226 e. The van der Waals surface area contributed by atoms with Crippen molar-refractivity contribution in [1.29, 1.82) is 0 Å². The summed E-state index contributed by atoms with van der Waals surface area (Å²) in [5.74, 6) is -7.69. The van der Waals surface area contributed by atoms with E-state index >= 15 is 0 Å². The van der Waals surface area contributed by atoms with Crippen molar-refractivity contribution in [2.24, 2.45) is 0 Å². The van der Waals surface area contributed by atoms with Gasteiger partial charge in [0.05, 0.1) is 23.0 Å². The molecule has 0 bridgehead atoms. The molecule has 3 nitrogen and oxygen atoms in total. The molecule has 28 heavy (non-hydrogen) atoms. The van der Waals surface area contributed by atoms with Crippen molar-refractivity contribution in [2.75, 3.05) is 0 Å². The van der Waals surface area contributed by atoms with Crippen LogP contribution in [-0.4, -0.2) is 15.0 Å². The summed E-state index contributed by atoms with van der Waals surface area (Å²) in [7, 11) is 0. The first-order valence-corrected chi connectivity index (χ1v) is 7.77. The number of pyridine rings is 1. The van der Waals surface area contributed by atoms with Crippen LogP contribution in [0.15, 0.2) is 42.6 Å². The van der Waals surface area contributed by atoms with Crippen LogP contribution in [0.25, 0.3) is 33.5 Å². The monoisotopic (exact) mass is 391 g/mol. The maximum Gasteiger partial charge on any atom is 0.226 e. The zero-order chi connectivity index (χ0) is 20.0. The quantitative estimate of drug-likeness (QED) is 0.349. The highest BCUT2D eigenvalue weighted by atomic mass is 19.2. The van der Waals surface area contributed by atoms with Crippen molar-refractivity contribution in [3.63, 3.8) is 0 Å². The molecule has 0 saturated carbocycles. The molecule has 2 aromatic carbocycles. The second kappa shape index (κ2) is 6.59. The molecule has 0 atom stereocenters. The van der Waals surface area contributed by atoms with Gasteiger partial charge in [-0.05, 0) is 24.3 Å². The molecule has 9 heteroatoms. The van der Waals surface area contributed by atoms with Crippen LogP contribution < -0.4 is 0 Å². The first-order chi connectivity index (χ1) is 13.3. The molecule has 0 unspecified atom stereocenters. The van der Waals surface area contributed by atoms with E-state index in [0.717, 1.165) is 12.1 Å². The third-order valence-corrected chi connectivity index (χ3v) is 3.99. The molecule has 0 amide bonds. The van der Waals surface area contributed by atoms with Gasteiger partial charge in [0.15, 0.2) is 11.5 Å². The van der Waals surface area contributed by atoms with E-state index in [2.05, 4.69) is 15.0 Å². The third kappa shape index (κ3) is 2.94. The average molecular weight is 391 g/mol. The summed E-state index contributed by atoms with van der Waals surface area (Å²) < 4.78 is 83.5. The molecule has 0 spiro atoms. The third-order valence-electron chi connectivity index (χ3n) is 3.99. The summed E-state index contributed by atoms with van der Waals surface area (Å²) in [6.45, 7) is 0. The lowest BCUT2D eigenvalue weighted by atomic mass is 10.0. The summed E-state index contributed by atoms with van der Waals surface area (Å²) in [6, 6.07) is 5.61. The zero-order valence-corrected chi connectivity index (χ0v) is 13.7. The number of rotatable bonds is 2. The van der Waals surface area contributed by atoms with E-state index < -0.39 is 57.3 Å². The van der Waals surface area contributed by atoms with Gasteiger partial charge in [-0.15, -0.1) is 0 Å². The number of halogens is 6. The lowest BCUT2D eigenvalue weighted by Gasteiger charge is -2.10. The lowest BCUT2D eigenvalue weighted by molar-refractivity contribution is 0.533. The van der Waals surface area contributed by atoms with Gasteiger partial charge < -0.3 is 0 Å². The van der Waals surface area contributed by atoms with Crippen molar-refractivity contribution in [3.05, 3.63) is 77.6 Å². The van der Waals surface area contributed by atoms with Crippen LogP contribution in [0.5, 0.6) is 0 Å². The molecule has 4 rings (SSSR count). The fourth-order valence-electron chi connectivity index (χ4n) is 2.72. The summed E-state index contributed by atoms with van der Waals surface area (Å²) >= 11 is 0. The molecule has 0 fully saturated rings. The highest BCUT2D eigenvalue weighted by Gasteiger charge is 2.25. The number of hydrogen-bond donors (Lipinski definition) is 0. The zero-order valence-electron chi connectivity index (χ0n) is 13.7. The van der Waals surface area contributed by atoms with E-state index in [-0.39, 0.29) is 5.69 Å². The first-order valence-electron chi connectivity index (χ1n) is 7.77. The normalized spacial score (nSPS) is 11.2. The Labute approximate surface area is 153 Å². The topological polar surface area (TPSA) is 38.7 Å². The Kier molecular flexibility index (Phi) is 4.21. The fraction of sp³-hybridized carbons (Fsp3) is 0. The average Bonchev–Trinajstić information content (AvgIpc) is 2.64. The molecule has 0 radical (unpaired) electrons. The molecular formula is C19H7F6N3. The molecular weight excluding hydrogens is 384 g/mol. The second-order valence-corrected chi connectivity index (χ2v) is 5.77. The van der Waals surface area contributed by atoms with Crippen LogP contribution in [0.4, 0.5) is 26.3 Å². The number of fused-ring (bicyclic) bond motifs is 1. The van der Waals surface area contributed by atoms with Crippen LogP contribution in [0.1, 0.15) is 0 Å². The first kappa shape index (κ1) is 17.9. The van der Waals surface area contributed by atoms with Crippen LogP contribution in [0.2, 0.25) is 0 Å². The van der Waals surface area contributed by atoms with Crippen molar-refractivity contribution in [2.45, 2.75) is 0 Å².